The molecular formula is C20H31NO3. The molecule has 0 aromatic carbocycles. The van der Waals surface area contributed by atoms with Crippen molar-refractivity contribution >= 4 is 11.9 Å². The van der Waals surface area contributed by atoms with Crippen molar-refractivity contribution in [2.45, 2.75) is 65.9 Å². The molecule has 0 N–H and O–H groups in total. The Kier molecular flexibility index (Phi) is 5.56. The van der Waals surface area contributed by atoms with Crippen LogP contribution in [0.25, 0.3) is 0 Å². The van der Waals surface area contributed by atoms with E-state index in [-0.39, 0.29) is 17.8 Å². The zero-order chi connectivity index (χ0) is 18.1. The van der Waals surface area contributed by atoms with Gasteiger partial charge in [0, 0.05) is 19.5 Å². The molecule has 0 aromatic heterocycles. The minimum atomic E-state index is -0.461. The van der Waals surface area contributed by atoms with E-state index < -0.39 is 5.60 Å². The van der Waals surface area contributed by atoms with E-state index in [4.69, 9.17) is 4.74 Å². The number of likely N-dealkylation sites (tertiary alicyclic amines) is 1. The van der Waals surface area contributed by atoms with Gasteiger partial charge in [-0.3, -0.25) is 4.79 Å². The van der Waals surface area contributed by atoms with Crippen molar-refractivity contribution in [3.8, 4) is 0 Å². The fourth-order valence-electron chi connectivity index (χ4n) is 3.61. The molecule has 134 valence electrons. The van der Waals surface area contributed by atoms with Gasteiger partial charge in [-0.2, -0.15) is 0 Å². The van der Waals surface area contributed by atoms with Crippen molar-refractivity contribution in [2.75, 3.05) is 13.1 Å². The van der Waals surface area contributed by atoms with Gasteiger partial charge in [-0.1, -0.05) is 17.7 Å². The summed E-state index contributed by atoms with van der Waals surface area (Å²) in [4.78, 5) is 26.3. The van der Waals surface area contributed by atoms with Crippen molar-refractivity contribution in [1.82, 2.24) is 4.90 Å². The lowest BCUT2D eigenvalue weighted by Crippen LogP contribution is -2.42. The summed E-state index contributed by atoms with van der Waals surface area (Å²) in [5, 5.41) is 0. The summed E-state index contributed by atoms with van der Waals surface area (Å²) in [6.07, 6.45) is 3.13. The van der Waals surface area contributed by atoms with Crippen LogP contribution in [0.15, 0.2) is 23.3 Å². The second kappa shape index (κ2) is 7.12. The van der Waals surface area contributed by atoms with Crippen molar-refractivity contribution in [3.63, 3.8) is 0 Å². The number of hydrogen-bond acceptors (Lipinski definition) is 3. The summed E-state index contributed by atoms with van der Waals surface area (Å²) in [7, 11) is 0. The van der Waals surface area contributed by atoms with Crippen LogP contribution in [0.2, 0.25) is 0 Å². The van der Waals surface area contributed by atoms with E-state index in [1.54, 1.807) is 4.90 Å². The second-order valence-corrected chi connectivity index (χ2v) is 8.27. The molecule has 0 aromatic rings. The van der Waals surface area contributed by atoms with Gasteiger partial charge in [-0.05, 0) is 71.3 Å². The van der Waals surface area contributed by atoms with Crippen LogP contribution >= 0.6 is 0 Å². The summed E-state index contributed by atoms with van der Waals surface area (Å²) < 4.78 is 5.45. The summed E-state index contributed by atoms with van der Waals surface area (Å²) >= 11 is 0. The van der Waals surface area contributed by atoms with Crippen molar-refractivity contribution in [2.24, 2.45) is 11.8 Å². The molecule has 2 rings (SSSR count). The van der Waals surface area contributed by atoms with E-state index >= 15 is 0 Å². The molecule has 0 bridgehead atoms. The quantitative estimate of drug-likeness (QED) is 0.699. The summed E-state index contributed by atoms with van der Waals surface area (Å²) in [6.45, 7) is 15.1. The van der Waals surface area contributed by atoms with Crippen LogP contribution in [0.5, 0.6) is 0 Å². The Labute approximate surface area is 145 Å². The van der Waals surface area contributed by atoms with Gasteiger partial charge in [0.15, 0.2) is 5.78 Å². The van der Waals surface area contributed by atoms with Gasteiger partial charge in [-0.15, -0.1) is 0 Å². The third-order valence-electron chi connectivity index (χ3n) is 5.13. The lowest BCUT2D eigenvalue weighted by Gasteiger charge is -2.37. The SMILES string of the molecule is C=C(C)C1CC(=O)C(C)=C(C2CCN(C(=O)OC(C)(C)C)CC2)C1. The number of Topliss-reactive ketones (excluding diaryl/α,β-unsaturated/α-hetero) is 1. The van der Waals surface area contributed by atoms with E-state index in [2.05, 4.69) is 6.58 Å². The van der Waals surface area contributed by atoms with Crippen LogP contribution < -0.4 is 0 Å². The number of nitrogens with zero attached hydrogens (tertiary/aromatic N) is 1. The standard InChI is InChI=1S/C20H31NO3/c1-13(2)16-11-17(14(3)18(22)12-16)15-7-9-21(10-8-15)19(23)24-20(4,5)6/h15-16H,1,7-12H2,2-6H3. The van der Waals surface area contributed by atoms with Gasteiger partial charge in [0.2, 0.25) is 0 Å². The number of hydrogen-bond donors (Lipinski definition) is 0. The Morgan fingerprint density at radius 1 is 1.21 bits per heavy atom. The highest BCUT2D eigenvalue weighted by atomic mass is 16.6. The zero-order valence-electron chi connectivity index (χ0n) is 15.8. The first-order valence-corrected chi connectivity index (χ1v) is 8.94. The number of amides is 1. The average Bonchev–Trinajstić information content (AvgIpc) is 2.48. The van der Waals surface area contributed by atoms with Crippen LogP contribution in [0.1, 0.15) is 60.3 Å². The number of allylic oxidation sites excluding steroid dienone is 3. The highest BCUT2D eigenvalue weighted by Gasteiger charge is 2.33. The smallest absolute Gasteiger partial charge is 0.410 e. The molecule has 2 aliphatic rings. The molecule has 1 aliphatic heterocycles. The minimum Gasteiger partial charge on any atom is -0.444 e. The largest absolute Gasteiger partial charge is 0.444 e. The summed E-state index contributed by atoms with van der Waals surface area (Å²) in [5.41, 5.74) is 2.88. The third-order valence-corrected chi connectivity index (χ3v) is 5.13. The van der Waals surface area contributed by atoms with Crippen molar-refractivity contribution in [1.29, 1.82) is 0 Å². The third kappa shape index (κ3) is 4.49. The molecule has 0 radical (unpaired) electrons. The molecule has 1 fully saturated rings. The molecule has 1 heterocycles. The average molecular weight is 333 g/mol. The van der Waals surface area contributed by atoms with Crippen molar-refractivity contribution < 1.29 is 14.3 Å². The summed E-state index contributed by atoms with van der Waals surface area (Å²) in [6, 6.07) is 0. The number of piperidine rings is 1. The first-order chi connectivity index (χ1) is 11.1. The van der Waals surface area contributed by atoms with Gasteiger partial charge in [-0.25, -0.2) is 4.79 Å². The minimum absolute atomic E-state index is 0.230. The number of rotatable bonds is 2. The van der Waals surface area contributed by atoms with E-state index in [0.29, 0.717) is 25.4 Å². The molecule has 4 heteroatoms. The van der Waals surface area contributed by atoms with Crippen LogP contribution in [-0.2, 0) is 9.53 Å². The Morgan fingerprint density at radius 2 is 1.79 bits per heavy atom. The Bertz CT molecular complexity index is 560. The first kappa shape index (κ1) is 18.8. The van der Waals surface area contributed by atoms with Gasteiger partial charge in [0.05, 0.1) is 0 Å². The topological polar surface area (TPSA) is 46.6 Å². The van der Waals surface area contributed by atoms with Crippen molar-refractivity contribution in [3.05, 3.63) is 23.3 Å². The van der Waals surface area contributed by atoms with E-state index in [0.717, 1.165) is 30.4 Å². The molecule has 4 nitrogen and oxygen atoms in total. The zero-order valence-corrected chi connectivity index (χ0v) is 15.8. The predicted octanol–water partition coefficient (Wildman–Crippen LogP) is 4.51. The number of ketones is 1. The molecule has 1 amide bonds. The highest BCUT2D eigenvalue weighted by Crippen LogP contribution is 2.38. The maximum Gasteiger partial charge on any atom is 0.410 e. The van der Waals surface area contributed by atoms with Gasteiger partial charge < -0.3 is 9.64 Å². The lowest BCUT2D eigenvalue weighted by atomic mass is 9.74. The Balaban J connectivity index is 2.01. The molecular weight excluding hydrogens is 302 g/mol. The van der Waals surface area contributed by atoms with Gasteiger partial charge in [0.1, 0.15) is 5.60 Å². The number of carbonyl (C=O) groups is 2. The Morgan fingerprint density at radius 3 is 2.29 bits per heavy atom. The summed E-state index contributed by atoms with van der Waals surface area (Å²) in [5.74, 6) is 0.939. The molecule has 1 aliphatic carbocycles. The van der Waals surface area contributed by atoms with Gasteiger partial charge >= 0.3 is 6.09 Å². The molecule has 24 heavy (non-hydrogen) atoms. The van der Waals surface area contributed by atoms with E-state index in [1.807, 2.05) is 34.6 Å². The monoisotopic (exact) mass is 333 g/mol. The Hall–Kier alpha value is -1.58. The maximum absolute atomic E-state index is 12.3. The lowest BCUT2D eigenvalue weighted by molar-refractivity contribution is -0.116. The van der Waals surface area contributed by atoms with Crippen LogP contribution in [0, 0.1) is 11.8 Å². The normalized spacial score (nSPS) is 23.5. The second-order valence-electron chi connectivity index (χ2n) is 8.27. The molecule has 0 saturated carbocycles. The maximum atomic E-state index is 12.3. The number of carbonyl (C=O) groups excluding carboxylic acids is 2. The fourth-order valence-corrected chi connectivity index (χ4v) is 3.61. The highest BCUT2D eigenvalue weighted by molar-refractivity contribution is 5.96. The van der Waals surface area contributed by atoms with E-state index in [9.17, 15) is 9.59 Å². The van der Waals surface area contributed by atoms with E-state index in [1.165, 1.54) is 5.57 Å². The molecule has 1 atom stereocenters. The number of ether oxygens (including phenoxy) is 1. The van der Waals surface area contributed by atoms with Crippen LogP contribution in [-0.4, -0.2) is 35.5 Å². The molecule has 1 unspecified atom stereocenters. The fraction of sp³-hybridized carbons (Fsp3) is 0.700. The first-order valence-electron chi connectivity index (χ1n) is 8.94. The van der Waals surface area contributed by atoms with Crippen LogP contribution in [0.4, 0.5) is 4.79 Å². The van der Waals surface area contributed by atoms with Crippen LogP contribution in [0.3, 0.4) is 0 Å². The van der Waals surface area contributed by atoms with Gasteiger partial charge in [0.25, 0.3) is 0 Å². The molecule has 1 saturated heterocycles. The predicted molar refractivity (Wildman–Crippen MR) is 95.8 cm³/mol. The molecule has 0 spiro atoms.